The molecule has 0 aromatic rings. The summed E-state index contributed by atoms with van der Waals surface area (Å²) in [6.45, 7) is 12.4. The van der Waals surface area contributed by atoms with Gasteiger partial charge in [-0.15, -0.1) is 0 Å². The average molecular weight is 342 g/mol. The van der Waals surface area contributed by atoms with Crippen molar-refractivity contribution < 1.29 is 23.9 Å². The van der Waals surface area contributed by atoms with Crippen molar-refractivity contribution in [3.8, 4) is 0 Å². The molecule has 0 rings (SSSR count). The van der Waals surface area contributed by atoms with Crippen LogP contribution in [0.1, 0.15) is 47.5 Å². The second-order valence-electron chi connectivity index (χ2n) is 6.88. The molecule has 0 fully saturated rings. The van der Waals surface area contributed by atoms with Crippen molar-refractivity contribution in [2.75, 3.05) is 6.61 Å². The van der Waals surface area contributed by atoms with Crippen LogP contribution in [-0.4, -0.2) is 42.1 Å². The Morgan fingerprint density at radius 3 is 2.29 bits per heavy atom. The van der Waals surface area contributed by atoms with Gasteiger partial charge >= 0.3 is 11.9 Å². The van der Waals surface area contributed by atoms with Crippen LogP contribution in [0.3, 0.4) is 0 Å². The SMILES string of the molecule is C=CCOC(=O)C(NC(=O)C(N)CCC(=O)OC(C)(C)C)C(C)C. The Balaban J connectivity index is 4.51. The van der Waals surface area contributed by atoms with Gasteiger partial charge < -0.3 is 20.5 Å². The second kappa shape index (κ2) is 10.1. The maximum atomic E-state index is 12.1. The highest BCUT2D eigenvalue weighted by molar-refractivity contribution is 5.87. The number of carbonyl (C=O) groups excluding carboxylic acids is 3. The van der Waals surface area contributed by atoms with Crippen LogP contribution in [-0.2, 0) is 23.9 Å². The molecule has 138 valence electrons. The zero-order valence-electron chi connectivity index (χ0n) is 15.3. The Kier molecular flexibility index (Phi) is 9.28. The molecular formula is C17H30N2O5. The highest BCUT2D eigenvalue weighted by Crippen LogP contribution is 2.10. The fourth-order valence-electron chi connectivity index (χ4n) is 1.79. The summed E-state index contributed by atoms with van der Waals surface area (Å²) in [6, 6.07) is -1.71. The first-order valence-corrected chi connectivity index (χ1v) is 8.03. The van der Waals surface area contributed by atoms with Crippen molar-refractivity contribution in [3.63, 3.8) is 0 Å². The first kappa shape index (κ1) is 22.1. The van der Waals surface area contributed by atoms with Gasteiger partial charge in [0.2, 0.25) is 5.91 Å². The molecule has 2 unspecified atom stereocenters. The Morgan fingerprint density at radius 2 is 1.83 bits per heavy atom. The van der Waals surface area contributed by atoms with Crippen LogP contribution in [0.4, 0.5) is 0 Å². The summed E-state index contributed by atoms with van der Waals surface area (Å²) in [4.78, 5) is 35.7. The van der Waals surface area contributed by atoms with Crippen LogP contribution in [0, 0.1) is 5.92 Å². The largest absolute Gasteiger partial charge is 0.460 e. The fraction of sp³-hybridized carbons (Fsp3) is 0.706. The number of carbonyl (C=O) groups is 3. The lowest BCUT2D eigenvalue weighted by atomic mass is 10.0. The zero-order valence-corrected chi connectivity index (χ0v) is 15.3. The molecular weight excluding hydrogens is 312 g/mol. The molecule has 0 aromatic heterocycles. The van der Waals surface area contributed by atoms with E-state index in [0.29, 0.717) is 0 Å². The highest BCUT2D eigenvalue weighted by Gasteiger charge is 2.28. The molecule has 0 aliphatic rings. The first-order valence-electron chi connectivity index (χ1n) is 8.03. The molecule has 0 spiro atoms. The van der Waals surface area contributed by atoms with Gasteiger partial charge in [0.15, 0.2) is 0 Å². The Hall–Kier alpha value is -1.89. The van der Waals surface area contributed by atoms with Crippen LogP contribution < -0.4 is 11.1 Å². The van der Waals surface area contributed by atoms with Crippen molar-refractivity contribution in [2.24, 2.45) is 11.7 Å². The fourth-order valence-corrected chi connectivity index (χ4v) is 1.79. The molecule has 0 radical (unpaired) electrons. The Morgan fingerprint density at radius 1 is 1.25 bits per heavy atom. The molecule has 1 amide bonds. The van der Waals surface area contributed by atoms with Gasteiger partial charge in [-0.05, 0) is 33.1 Å². The normalized spacial score (nSPS) is 13.8. The molecule has 0 aliphatic heterocycles. The van der Waals surface area contributed by atoms with Crippen molar-refractivity contribution in [1.82, 2.24) is 5.32 Å². The van der Waals surface area contributed by atoms with Crippen LogP contribution in [0.25, 0.3) is 0 Å². The molecule has 0 aromatic carbocycles. The van der Waals surface area contributed by atoms with Gasteiger partial charge in [0.05, 0.1) is 6.04 Å². The van der Waals surface area contributed by atoms with E-state index >= 15 is 0 Å². The summed E-state index contributed by atoms with van der Waals surface area (Å²) in [6.07, 6.45) is 1.61. The van der Waals surface area contributed by atoms with E-state index in [-0.39, 0.29) is 25.4 Å². The molecule has 24 heavy (non-hydrogen) atoms. The van der Waals surface area contributed by atoms with Crippen LogP contribution >= 0.6 is 0 Å². The minimum atomic E-state index is -0.911. The predicted octanol–water partition coefficient (Wildman–Crippen LogP) is 1.31. The summed E-state index contributed by atoms with van der Waals surface area (Å²) in [5, 5.41) is 2.57. The molecule has 7 nitrogen and oxygen atoms in total. The molecule has 0 saturated carbocycles. The highest BCUT2D eigenvalue weighted by atomic mass is 16.6. The van der Waals surface area contributed by atoms with Gasteiger partial charge in [0, 0.05) is 6.42 Å². The number of amides is 1. The number of rotatable bonds is 9. The van der Waals surface area contributed by atoms with Crippen LogP contribution in [0.15, 0.2) is 12.7 Å². The minimum Gasteiger partial charge on any atom is -0.460 e. The van der Waals surface area contributed by atoms with Gasteiger partial charge in [0.25, 0.3) is 0 Å². The number of nitrogens with one attached hydrogen (secondary N) is 1. The maximum absolute atomic E-state index is 12.1. The van der Waals surface area contributed by atoms with E-state index in [1.807, 2.05) is 0 Å². The topological polar surface area (TPSA) is 108 Å². The number of hydrogen-bond donors (Lipinski definition) is 2. The summed E-state index contributed by atoms with van der Waals surface area (Å²) in [5.74, 6) is -1.63. The Bertz CT molecular complexity index is 454. The molecule has 7 heteroatoms. The van der Waals surface area contributed by atoms with Gasteiger partial charge in [-0.1, -0.05) is 26.5 Å². The van der Waals surface area contributed by atoms with E-state index in [2.05, 4.69) is 11.9 Å². The van der Waals surface area contributed by atoms with Crippen molar-refractivity contribution >= 4 is 17.8 Å². The van der Waals surface area contributed by atoms with E-state index in [4.69, 9.17) is 15.2 Å². The predicted molar refractivity (Wildman–Crippen MR) is 91.0 cm³/mol. The van der Waals surface area contributed by atoms with Gasteiger partial charge in [0.1, 0.15) is 18.2 Å². The number of hydrogen-bond acceptors (Lipinski definition) is 6. The third kappa shape index (κ3) is 9.29. The summed E-state index contributed by atoms with van der Waals surface area (Å²) in [5.41, 5.74) is 5.21. The van der Waals surface area contributed by atoms with Gasteiger partial charge in [-0.3, -0.25) is 9.59 Å². The molecule has 0 bridgehead atoms. The Labute approximate surface area is 143 Å². The summed E-state index contributed by atoms with van der Waals surface area (Å²) < 4.78 is 10.1. The van der Waals surface area contributed by atoms with Crippen molar-refractivity contribution in [1.29, 1.82) is 0 Å². The van der Waals surface area contributed by atoms with Gasteiger partial charge in [-0.25, -0.2) is 4.79 Å². The van der Waals surface area contributed by atoms with E-state index in [1.54, 1.807) is 34.6 Å². The lowest BCUT2D eigenvalue weighted by Crippen LogP contribution is -2.51. The van der Waals surface area contributed by atoms with Crippen molar-refractivity contribution in [2.45, 2.75) is 65.1 Å². The molecule has 0 aliphatic carbocycles. The minimum absolute atomic E-state index is 0.0269. The molecule has 0 saturated heterocycles. The number of ether oxygens (including phenoxy) is 2. The average Bonchev–Trinajstić information content (AvgIpc) is 2.45. The molecule has 3 N–H and O–H groups in total. The third-order valence-electron chi connectivity index (χ3n) is 2.98. The van der Waals surface area contributed by atoms with Crippen molar-refractivity contribution in [3.05, 3.63) is 12.7 Å². The second-order valence-corrected chi connectivity index (χ2v) is 6.88. The smallest absolute Gasteiger partial charge is 0.329 e. The van der Waals surface area contributed by atoms with E-state index in [9.17, 15) is 14.4 Å². The number of esters is 2. The van der Waals surface area contributed by atoms with E-state index in [1.165, 1.54) is 6.08 Å². The van der Waals surface area contributed by atoms with E-state index < -0.39 is 35.5 Å². The van der Waals surface area contributed by atoms with Gasteiger partial charge in [-0.2, -0.15) is 0 Å². The van der Waals surface area contributed by atoms with E-state index in [0.717, 1.165) is 0 Å². The summed E-state index contributed by atoms with van der Waals surface area (Å²) >= 11 is 0. The quantitative estimate of drug-likeness (QED) is 0.483. The lowest BCUT2D eigenvalue weighted by Gasteiger charge is -2.23. The molecule has 0 heterocycles. The standard InChI is InChI=1S/C17H30N2O5/c1-7-10-23-16(22)14(11(2)3)19-15(21)12(18)8-9-13(20)24-17(4,5)6/h7,11-12,14H,1,8-10,18H2,2-6H3,(H,19,21). The zero-order chi connectivity index (χ0) is 18.9. The first-order chi connectivity index (χ1) is 11.0. The maximum Gasteiger partial charge on any atom is 0.329 e. The lowest BCUT2D eigenvalue weighted by molar-refractivity contribution is -0.155. The van der Waals surface area contributed by atoms with Crippen LogP contribution in [0.5, 0.6) is 0 Å². The summed E-state index contributed by atoms with van der Waals surface area (Å²) in [7, 11) is 0. The molecule has 2 atom stereocenters. The van der Waals surface area contributed by atoms with Crippen LogP contribution in [0.2, 0.25) is 0 Å². The third-order valence-corrected chi connectivity index (χ3v) is 2.98. The monoisotopic (exact) mass is 342 g/mol. The number of nitrogens with two attached hydrogens (primary N) is 1.